The Balaban J connectivity index is 2.39. The zero-order valence-electron chi connectivity index (χ0n) is 9.32. The van der Waals surface area contributed by atoms with Crippen molar-refractivity contribution in [2.45, 2.75) is 0 Å². The Morgan fingerprint density at radius 3 is 2.42 bits per heavy atom. The Bertz CT molecular complexity index is 629. The maximum Gasteiger partial charge on any atom is 0.356 e. The van der Waals surface area contributed by atoms with Gasteiger partial charge in [0.05, 0.1) is 10.7 Å². The number of anilines is 2. The van der Waals surface area contributed by atoms with Gasteiger partial charge in [-0.3, -0.25) is 0 Å². The first-order chi connectivity index (χ1) is 8.99. The number of nitrogens with zero attached hydrogens (tertiary/aromatic N) is 1. The zero-order valence-corrected chi connectivity index (χ0v) is 13.3. The standard InChI is InChI=1S/C12H7Br2ClN2O2/c13-6-2-1-3-7(14)10(6)16-9-5-4-8(15)11(17-9)12(18)19/h1-5H,(H,16,17)(H,18,19). The first-order valence-corrected chi connectivity index (χ1v) is 7.06. The lowest BCUT2D eigenvalue weighted by Gasteiger charge is -2.10. The maximum absolute atomic E-state index is 11.0. The molecule has 2 N–H and O–H groups in total. The lowest BCUT2D eigenvalue weighted by molar-refractivity contribution is 0.0691. The minimum Gasteiger partial charge on any atom is -0.476 e. The largest absolute Gasteiger partial charge is 0.476 e. The number of hydrogen-bond acceptors (Lipinski definition) is 3. The number of halogens is 3. The highest BCUT2D eigenvalue weighted by atomic mass is 79.9. The number of aromatic nitrogens is 1. The molecule has 2 aromatic rings. The highest BCUT2D eigenvalue weighted by molar-refractivity contribution is 9.11. The molecule has 0 spiro atoms. The summed E-state index contributed by atoms with van der Waals surface area (Å²) in [4.78, 5) is 14.9. The predicted octanol–water partition coefficient (Wildman–Crippen LogP) is 4.70. The van der Waals surface area contributed by atoms with Gasteiger partial charge in [0, 0.05) is 8.95 Å². The summed E-state index contributed by atoms with van der Waals surface area (Å²) in [5.74, 6) is -0.769. The van der Waals surface area contributed by atoms with E-state index < -0.39 is 5.97 Å². The molecule has 0 unspecified atom stereocenters. The van der Waals surface area contributed by atoms with E-state index in [0.717, 1.165) is 14.6 Å². The van der Waals surface area contributed by atoms with Crippen LogP contribution in [0, 0.1) is 0 Å². The van der Waals surface area contributed by atoms with E-state index in [-0.39, 0.29) is 10.7 Å². The molecule has 0 saturated heterocycles. The Hall–Kier alpha value is -1.11. The number of rotatable bonds is 3. The van der Waals surface area contributed by atoms with Crippen LogP contribution in [0.25, 0.3) is 0 Å². The lowest BCUT2D eigenvalue weighted by atomic mass is 10.3. The number of benzene rings is 1. The van der Waals surface area contributed by atoms with Crippen LogP contribution in [0.5, 0.6) is 0 Å². The van der Waals surface area contributed by atoms with Crippen molar-refractivity contribution in [1.82, 2.24) is 4.98 Å². The van der Waals surface area contributed by atoms with E-state index in [1.54, 1.807) is 6.07 Å². The fourth-order valence-electron chi connectivity index (χ4n) is 1.41. The molecule has 0 saturated carbocycles. The van der Waals surface area contributed by atoms with Crippen LogP contribution in [0.2, 0.25) is 5.02 Å². The SMILES string of the molecule is O=C(O)c1nc(Nc2c(Br)cccc2Br)ccc1Cl. The Morgan fingerprint density at radius 2 is 1.84 bits per heavy atom. The van der Waals surface area contributed by atoms with Gasteiger partial charge >= 0.3 is 5.97 Å². The van der Waals surface area contributed by atoms with Gasteiger partial charge in [-0.1, -0.05) is 17.7 Å². The van der Waals surface area contributed by atoms with Gasteiger partial charge in [0.15, 0.2) is 5.69 Å². The van der Waals surface area contributed by atoms with Crippen LogP contribution in [0.4, 0.5) is 11.5 Å². The highest BCUT2D eigenvalue weighted by Gasteiger charge is 2.12. The first kappa shape index (κ1) is 14.3. The summed E-state index contributed by atoms with van der Waals surface area (Å²) in [7, 11) is 0. The van der Waals surface area contributed by atoms with Crippen molar-refractivity contribution >= 4 is 60.9 Å². The number of carboxylic acids is 1. The molecule has 98 valence electrons. The summed E-state index contributed by atoms with van der Waals surface area (Å²) >= 11 is 12.6. The van der Waals surface area contributed by atoms with Crippen molar-refractivity contribution < 1.29 is 9.90 Å². The van der Waals surface area contributed by atoms with Crippen molar-refractivity contribution in [2.24, 2.45) is 0 Å². The smallest absolute Gasteiger partial charge is 0.356 e. The third-order valence-electron chi connectivity index (χ3n) is 2.26. The molecule has 0 bridgehead atoms. The summed E-state index contributed by atoms with van der Waals surface area (Å²) in [6.45, 7) is 0. The Kier molecular flexibility index (Phi) is 4.44. The number of hydrogen-bond donors (Lipinski definition) is 2. The third kappa shape index (κ3) is 3.26. The van der Waals surface area contributed by atoms with Crippen molar-refractivity contribution in [2.75, 3.05) is 5.32 Å². The number of nitrogens with one attached hydrogen (secondary N) is 1. The minimum absolute atomic E-state index is 0.101. The second kappa shape index (κ2) is 5.90. The van der Waals surface area contributed by atoms with Gasteiger partial charge in [-0.15, -0.1) is 0 Å². The quantitative estimate of drug-likeness (QED) is 0.776. The van der Waals surface area contributed by atoms with Crippen LogP contribution in [-0.4, -0.2) is 16.1 Å². The van der Waals surface area contributed by atoms with Crippen LogP contribution in [-0.2, 0) is 0 Å². The van der Waals surface area contributed by atoms with E-state index in [2.05, 4.69) is 42.2 Å². The zero-order chi connectivity index (χ0) is 14.0. The molecule has 0 fully saturated rings. The average molecular weight is 406 g/mol. The summed E-state index contributed by atoms with van der Waals surface area (Å²) in [6, 6.07) is 8.70. The molecule has 0 aliphatic rings. The van der Waals surface area contributed by atoms with Gasteiger partial charge in [0.2, 0.25) is 0 Å². The molecule has 0 aliphatic carbocycles. The molecule has 1 aromatic heterocycles. The number of carbonyl (C=O) groups is 1. The summed E-state index contributed by atoms with van der Waals surface area (Å²) in [5, 5.41) is 12.1. The first-order valence-electron chi connectivity index (χ1n) is 5.10. The molecular formula is C12H7Br2ClN2O2. The molecule has 0 amide bonds. The molecule has 1 heterocycles. The van der Waals surface area contributed by atoms with Gasteiger partial charge in [0.25, 0.3) is 0 Å². The second-order valence-electron chi connectivity index (χ2n) is 3.55. The molecule has 19 heavy (non-hydrogen) atoms. The molecule has 0 aliphatic heterocycles. The van der Waals surface area contributed by atoms with Crippen LogP contribution in [0.1, 0.15) is 10.5 Å². The van der Waals surface area contributed by atoms with Crippen LogP contribution >= 0.6 is 43.5 Å². The Labute approximate surface area is 131 Å². The third-order valence-corrected chi connectivity index (χ3v) is 3.89. The van der Waals surface area contributed by atoms with Gasteiger partial charge < -0.3 is 10.4 Å². The number of carboxylic acid groups (broad SMARTS) is 1. The average Bonchev–Trinajstić information content (AvgIpc) is 2.35. The van der Waals surface area contributed by atoms with Crippen molar-refractivity contribution in [1.29, 1.82) is 0 Å². The maximum atomic E-state index is 11.0. The van der Waals surface area contributed by atoms with E-state index >= 15 is 0 Å². The molecule has 4 nitrogen and oxygen atoms in total. The summed E-state index contributed by atoms with van der Waals surface area (Å²) in [6.07, 6.45) is 0. The Morgan fingerprint density at radius 1 is 1.21 bits per heavy atom. The van der Waals surface area contributed by atoms with Gasteiger partial charge in [0.1, 0.15) is 5.82 Å². The van der Waals surface area contributed by atoms with Crippen molar-refractivity contribution in [3.63, 3.8) is 0 Å². The van der Waals surface area contributed by atoms with E-state index in [1.807, 2.05) is 18.2 Å². The van der Waals surface area contributed by atoms with Gasteiger partial charge in [-0.25, -0.2) is 9.78 Å². The minimum atomic E-state index is -1.17. The lowest BCUT2D eigenvalue weighted by Crippen LogP contribution is -2.04. The van der Waals surface area contributed by atoms with Gasteiger partial charge in [-0.2, -0.15) is 0 Å². The summed E-state index contributed by atoms with van der Waals surface area (Å²) in [5.41, 5.74) is 0.573. The van der Waals surface area contributed by atoms with Crippen molar-refractivity contribution in [3.8, 4) is 0 Å². The molecule has 0 radical (unpaired) electrons. The number of para-hydroxylation sites is 1. The molecule has 7 heteroatoms. The number of pyridine rings is 1. The van der Waals surface area contributed by atoms with Crippen LogP contribution < -0.4 is 5.32 Å². The molecule has 2 rings (SSSR count). The van der Waals surface area contributed by atoms with Crippen LogP contribution in [0.3, 0.4) is 0 Å². The van der Waals surface area contributed by atoms with Crippen LogP contribution in [0.15, 0.2) is 39.3 Å². The normalized spacial score (nSPS) is 10.3. The second-order valence-corrected chi connectivity index (χ2v) is 5.67. The van der Waals surface area contributed by atoms with Gasteiger partial charge in [-0.05, 0) is 56.1 Å². The van der Waals surface area contributed by atoms with E-state index in [1.165, 1.54) is 6.07 Å². The van der Waals surface area contributed by atoms with E-state index in [4.69, 9.17) is 16.7 Å². The highest BCUT2D eigenvalue weighted by Crippen LogP contribution is 2.33. The summed E-state index contributed by atoms with van der Waals surface area (Å²) < 4.78 is 1.66. The van der Waals surface area contributed by atoms with Crippen molar-refractivity contribution in [3.05, 3.63) is 50.0 Å². The van der Waals surface area contributed by atoms with E-state index in [9.17, 15) is 4.79 Å². The fraction of sp³-hybridized carbons (Fsp3) is 0. The monoisotopic (exact) mass is 404 g/mol. The molecule has 0 atom stereocenters. The number of aromatic carboxylic acids is 1. The predicted molar refractivity (Wildman–Crippen MR) is 81.3 cm³/mol. The molecular weight excluding hydrogens is 399 g/mol. The topological polar surface area (TPSA) is 62.2 Å². The molecule has 1 aromatic carbocycles. The fourth-order valence-corrected chi connectivity index (χ4v) is 2.79. The van der Waals surface area contributed by atoms with E-state index in [0.29, 0.717) is 5.82 Å².